The molecule has 0 aliphatic rings. The lowest BCUT2D eigenvalue weighted by Gasteiger charge is -2.04. The van der Waals surface area contributed by atoms with E-state index in [4.69, 9.17) is 21.4 Å². The summed E-state index contributed by atoms with van der Waals surface area (Å²) in [5.74, 6) is 0. The van der Waals surface area contributed by atoms with Gasteiger partial charge < -0.3 is 4.89 Å². The third-order valence-electron chi connectivity index (χ3n) is 0.178. The van der Waals surface area contributed by atoms with Crippen molar-refractivity contribution in [1.29, 1.82) is 0 Å². The van der Waals surface area contributed by atoms with E-state index in [2.05, 4.69) is 4.31 Å². The van der Waals surface area contributed by atoms with E-state index in [9.17, 15) is 0 Å². The van der Waals surface area contributed by atoms with Gasteiger partial charge in [0.15, 0.2) is 8.45 Å². The van der Waals surface area contributed by atoms with Gasteiger partial charge in [-0.3, -0.25) is 20.8 Å². The average molecular weight is 143 g/mol. The van der Waals surface area contributed by atoms with Gasteiger partial charge >= 0.3 is 0 Å². The van der Waals surface area contributed by atoms with Gasteiger partial charge in [-0.05, 0) is 0 Å². The van der Waals surface area contributed by atoms with Crippen molar-refractivity contribution in [1.82, 2.24) is 0 Å². The molecule has 0 bridgehead atoms. The van der Waals surface area contributed by atoms with E-state index in [1.807, 2.05) is 0 Å². The van der Waals surface area contributed by atoms with E-state index in [0.717, 1.165) is 0 Å². The first kappa shape index (κ1) is 7.66. The van der Waals surface area contributed by atoms with Gasteiger partial charge in [0.05, 0.1) is 0 Å². The molecule has 0 fully saturated rings. The first-order chi connectivity index (χ1) is 3.13. The highest BCUT2D eigenvalue weighted by molar-refractivity contribution is 7.59. The highest BCUT2D eigenvalue weighted by Gasteiger charge is 1.99. The Kier molecular flexibility index (Phi) is 3.98. The predicted molar refractivity (Wildman–Crippen MR) is 29.7 cm³/mol. The molecule has 5 nitrogen and oxygen atoms in total. The summed E-state index contributed by atoms with van der Waals surface area (Å²) in [6, 6.07) is 0. The summed E-state index contributed by atoms with van der Waals surface area (Å²) < 4.78 is 4.27. The van der Waals surface area contributed by atoms with E-state index < -0.39 is 17.0 Å². The topological polar surface area (TPSA) is 108 Å². The van der Waals surface area contributed by atoms with Crippen LogP contribution < -0.4 is 16.5 Å². The van der Waals surface area contributed by atoms with Crippen molar-refractivity contribution in [2.24, 2.45) is 16.5 Å². The minimum Gasteiger partial charge on any atom is -0.338 e. The molecule has 1 unspecified atom stereocenters. The van der Waals surface area contributed by atoms with Gasteiger partial charge in [0.2, 0.25) is 0 Å². The molecule has 0 aromatic carbocycles. The maximum absolute atomic E-state index is 8.20. The minimum atomic E-state index is -1.86. The minimum absolute atomic E-state index is 1.49. The molecule has 0 rings (SSSR count). The van der Waals surface area contributed by atoms with E-state index in [1.165, 1.54) is 0 Å². The molecule has 1 atom stereocenters. The number of nitrogens with two attached hydrogens (primary N) is 3. The van der Waals surface area contributed by atoms with Gasteiger partial charge in [0.25, 0.3) is 8.53 Å². The summed E-state index contributed by atoms with van der Waals surface area (Å²) in [5.41, 5.74) is 14.5. The lowest BCUT2D eigenvalue weighted by Crippen LogP contribution is -2.01. The Balaban J connectivity index is 2.95. The third-order valence-corrected chi connectivity index (χ3v) is 1.60. The molecule has 0 saturated heterocycles. The first-order valence-electron chi connectivity index (χ1n) is 1.34. The summed E-state index contributed by atoms with van der Waals surface area (Å²) in [4.78, 5) is 8.20. The van der Waals surface area contributed by atoms with Crippen molar-refractivity contribution >= 4 is 17.0 Å². The SMILES string of the molecule is NP(N)OP(N)O. The Morgan fingerprint density at radius 1 is 1.29 bits per heavy atom. The predicted octanol–water partition coefficient (Wildman–Crippen LogP) is -0.675. The van der Waals surface area contributed by atoms with Gasteiger partial charge in [0.1, 0.15) is 0 Å². The molecule has 0 amide bonds. The molecular formula is H7N3O2P2. The molecule has 0 aliphatic carbocycles. The zero-order chi connectivity index (χ0) is 5.86. The monoisotopic (exact) mass is 143 g/mol. The third kappa shape index (κ3) is 6.66. The fourth-order valence-corrected chi connectivity index (χ4v) is 0.869. The van der Waals surface area contributed by atoms with Crippen LogP contribution in [0.15, 0.2) is 0 Å². The maximum Gasteiger partial charge on any atom is 0.255 e. The van der Waals surface area contributed by atoms with Gasteiger partial charge in [-0.25, -0.2) is 0 Å². The summed E-state index contributed by atoms with van der Waals surface area (Å²) in [5, 5.41) is 0. The van der Waals surface area contributed by atoms with Crippen LogP contribution in [0.3, 0.4) is 0 Å². The molecule has 0 heterocycles. The zero-order valence-electron chi connectivity index (χ0n) is 3.48. The molecule has 0 aromatic heterocycles. The molecule has 0 radical (unpaired) electrons. The Bertz CT molecular complexity index is 40.2. The lowest BCUT2D eigenvalue weighted by atomic mass is 13.9. The summed E-state index contributed by atoms with van der Waals surface area (Å²) in [6.45, 7) is 0. The maximum atomic E-state index is 8.20. The Hall–Kier alpha value is 0.660. The Morgan fingerprint density at radius 3 is 1.71 bits per heavy atom. The zero-order valence-corrected chi connectivity index (χ0v) is 5.27. The van der Waals surface area contributed by atoms with Crippen LogP contribution in [0.5, 0.6) is 0 Å². The van der Waals surface area contributed by atoms with Gasteiger partial charge in [0, 0.05) is 0 Å². The molecule has 0 aliphatic heterocycles. The quantitative estimate of drug-likeness (QED) is 0.383. The molecule has 7 heavy (non-hydrogen) atoms. The smallest absolute Gasteiger partial charge is 0.255 e. The highest BCUT2D eigenvalue weighted by Crippen LogP contribution is 2.34. The fourth-order valence-electron chi connectivity index (χ4n) is 0.0966. The largest absolute Gasteiger partial charge is 0.338 e. The van der Waals surface area contributed by atoms with E-state index in [-0.39, 0.29) is 0 Å². The number of rotatable bonds is 2. The van der Waals surface area contributed by atoms with Crippen LogP contribution in [0.2, 0.25) is 0 Å². The van der Waals surface area contributed by atoms with Gasteiger partial charge in [-0.2, -0.15) is 0 Å². The van der Waals surface area contributed by atoms with Crippen LogP contribution in [0.4, 0.5) is 0 Å². The van der Waals surface area contributed by atoms with Crippen molar-refractivity contribution in [2.75, 3.05) is 0 Å². The second-order valence-corrected chi connectivity index (χ2v) is 2.72. The molecule has 7 N–H and O–H groups in total. The molecule has 0 saturated carbocycles. The number of hydrogen-bond acceptors (Lipinski definition) is 5. The molecular weight excluding hydrogens is 136 g/mol. The van der Waals surface area contributed by atoms with E-state index >= 15 is 0 Å². The summed E-state index contributed by atoms with van der Waals surface area (Å²) in [7, 11) is -3.35. The van der Waals surface area contributed by atoms with Crippen LogP contribution in [0.25, 0.3) is 0 Å². The fraction of sp³-hybridized carbons (Fsp3) is 0. The van der Waals surface area contributed by atoms with E-state index in [1.54, 1.807) is 0 Å². The second kappa shape index (κ2) is 3.64. The van der Waals surface area contributed by atoms with Crippen molar-refractivity contribution in [3.63, 3.8) is 0 Å². The van der Waals surface area contributed by atoms with Gasteiger partial charge in [-0.15, -0.1) is 0 Å². The van der Waals surface area contributed by atoms with Crippen LogP contribution >= 0.6 is 17.0 Å². The van der Waals surface area contributed by atoms with Crippen LogP contribution in [0, 0.1) is 0 Å². The van der Waals surface area contributed by atoms with Crippen molar-refractivity contribution in [3.8, 4) is 0 Å². The van der Waals surface area contributed by atoms with Crippen molar-refractivity contribution in [3.05, 3.63) is 0 Å². The molecule has 0 spiro atoms. The summed E-state index contributed by atoms with van der Waals surface area (Å²) in [6.07, 6.45) is 0. The van der Waals surface area contributed by atoms with Crippen LogP contribution in [-0.2, 0) is 4.31 Å². The van der Waals surface area contributed by atoms with Crippen LogP contribution in [-0.4, -0.2) is 4.89 Å². The Morgan fingerprint density at radius 2 is 1.71 bits per heavy atom. The molecule has 44 valence electrons. The van der Waals surface area contributed by atoms with E-state index in [0.29, 0.717) is 0 Å². The molecule has 0 aromatic rings. The average Bonchev–Trinajstić information content (AvgIpc) is 1.27. The normalized spacial score (nSPS) is 15.0. The van der Waals surface area contributed by atoms with Crippen molar-refractivity contribution < 1.29 is 9.20 Å². The first-order valence-corrected chi connectivity index (χ1v) is 4.02. The second-order valence-electron chi connectivity index (χ2n) is 0.744. The van der Waals surface area contributed by atoms with Crippen molar-refractivity contribution in [2.45, 2.75) is 0 Å². The Labute approximate surface area is 43.7 Å². The van der Waals surface area contributed by atoms with Crippen LogP contribution in [0.1, 0.15) is 0 Å². The number of hydrogen-bond donors (Lipinski definition) is 4. The molecule has 7 heteroatoms. The highest BCUT2D eigenvalue weighted by atomic mass is 31.2. The summed E-state index contributed by atoms with van der Waals surface area (Å²) >= 11 is 0. The van der Waals surface area contributed by atoms with Gasteiger partial charge in [-0.1, -0.05) is 0 Å². The standard InChI is InChI=1S/H7N3O2P2/c1-6(2)5-7(3)4/h4H,1-3H2. The lowest BCUT2D eigenvalue weighted by molar-refractivity contribution is 0.514.